The van der Waals surface area contributed by atoms with Crippen molar-refractivity contribution in [3.8, 4) is 5.75 Å². The summed E-state index contributed by atoms with van der Waals surface area (Å²) in [5.41, 5.74) is 0. The van der Waals surface area contributed by atoms with Gasteiger partial charge in [-0.15, -0.1) is 0 Å². The average Bonchev–Trinajstić information content (AvgIpc) is 2.40. The van der Waals surface area contributed by atoms with Crippen LogP contribution >= 0.6 is 8.17 Å². The minimum Gasteiger partial charge on any atom is -0.575 e. The molecule has 1 saturated carbocycles. The molecule has 0 aromatic heterocycles. The largest absolute Gasteiger partial charge is 0.575 e. The number of methoxy groups -OCH3 is 1. The first-order valence-electron chi connectivity index (χ1n) is 6.22. The molecule has 1 aliphatic rings. The summed E-state index contributed by atoms with van der Waals surface area (Å²) < 4.78 is 14.8. The molecule has 18 heavy (non-hydrogen) atoms. The number of nitrogens with zero attached hydrogens (tertiary/aromatic N) is 1. The highest BCUT2D eigenvalue weighted by molar-refractivity contribution is 7.34. The lowest BCUT2D eigenvalue weighted by atomic mass is 9.94. The summed E-state index contributed by atoms with van der Waals surface area (Å²) in [7, 11) is -0.227. The fourth-order valence-corrected chi connectivity index (χ4v) is 2.97. The van der Waals surface area contributed by atoms with Crippen LogP contribution in [-0.2, 0) is 4.74 Å². The molecule has 0 saturated heterocycles. The Hall–Kier alpha value is -0.960. The molecule has 4 nitrogen and oxygen atoms in total. The van der Waals surface area contributed by atoms with Crippen molar-refractivity contribution in [3.63, 3.8) is 0 Å². The van der Waals surface area contributed by atoms with Gasteiger partial charge < -0.3 is 9.63 Å². The topological polar surface area (TPSA) is 53.9 Å². The summed E-state index contributed by atoms with van der Waals surface area (Å²) in [4.78, 5) is 11.8. The van der Waals surface area contributed by atoms with Crippen molar-refractivity contribution in [2.75, 3.05) is 7.11 Å². The van der Waals surface area contributed by atoms with E-state index >= 15 is 0 Å². The van der Waals surface area contributed by atoms with Gasteiger partial charge in [-0.3, -0.25) is 4.52 Å². The Bertz CT molecular complexity index is 388. The van der Waals surface area contributed by atoms with Crippen molar-refractivity contribution in [3.05, 3.63) is 30.3 Å². The molecule has 0 spiro atoms. The molecule has 1 aliphatic carbocycles. The Balaban J connectivity index is 1.86. The molecule has 0 amide bonds. The van der Waals surface area contributed by atoms with E-state index in [2.05, 4.69) is 4.74 Å². The van der Waals surface area contributed by atoms with Crippen LogP contribution in [0, 0.1) is 0 Å². The molecule has 0 N–H and O–H groups in total. The molecule has 98 valence electrons. The summed E-state index contributed by atoms with van der Waals surface area (Å²) in [6.45, 7) is 0. The first kappa shape index (κ1) is 13.5. The number of hydrogen-bond acceptors (Lipinski definition) is 4. The van der Waals surface area contributed by atoms with Crippen LogP contribution in [0.1, 0.15) is 25.7 Å². The summed E-state index contributed by atoms with van der Waals surface area (Å²) in [6.07, 6.45) is 4.16. The molecule has 1 atom stereocenters. The number of benzene rings is 1. The second-order valence-electron chi connectivity index (χ2n) is 4.42. The molecule has 0 aliphatic heterocycles. The van der Waals surface area contributed by atoms with E-state index in [1.54, 1.807) is 19.2 Å². The molecule has 1 aromatic rings. The van der Waals surface area contributed by atoms with Crippen molar-refractivity contribution < 1.29 is 14.2 Å². The summed E-state index contributed by atoms with van der Waals surface area (Å²) in [6, 6.07) is 9.30. The van der Waals surface area contributed by atoms with E-state index in [4.69, 9.17) is 9.26 Å². The van der Waals surface area contributed by atoms with Gasteiger partial charge in [-0.2, -0.15) is 0 Å². The normalized spacial score (nSPS) is 24.9. The second-order valence-corrected chi connectivity index (χ2v) is 5.31. The van der Waals surface area contributed by atoms with E-state index < -0.39 is 8.17 Å². The van der Waals surface area contributed by atoms with Crippen LogP contribution in [0.4, 0.5) is 0 Å². The Morgan fingerprint density at radius 1 is 1.17 bits per heavy atom. The van der Waals surface area contributed by atoms with E-state index in [9.17, 15) is 4.89 Å². The Kier molecular flexibility index (Phi) is 5.12. The molecule has 0 bridgehead atoms. The van der Waals surface area contributed by atoms with Gasteiger partial charge >= 0.3 is 8.17 Å². The first-order valence-corrected chi connectivity index (χ1v) is 7.35. The number of rotatable bonds is 4. The van der Waals surface area contributed by atoms with E-state index in [1.165, 1.54) is 0 Å². The predicted octanol–water partition coefficient (Wildman–Crippen LogP) is 2.88. The molecule has 1 unspecified atom stereocenters. The smallest absolute Gasteiger partial charge is 0.394 e. The predicted molar refractivity (Wildman–Crippen MR) is 69.5 cm³/mol. The maximum atomic E-state index is 11.8. The lowest BCUT2D eigenvalue weighted by molar-refractivity contribution is -0.169. The van der Waals surface area contributed by atoms with Crippen molar-refractivity contribution >= 4 is 8.17 Å². The van der Waals surface area contributed by atoms with Gasteiger partial charge in [0.15, 0.2) is 5.75 Å². The fraction of sp³-hybridized carbons (Fsp3) is 0.538. The molecular weight excluding hydrogens is 249 g/mol. The summed E-state index contributed by atoms with van der Waals surface area (Å²) >= 11 is 0. The second kappa shape index (κ2) is 6.83. The monoisotopic (exact) mass is 267 g/mol. The molecule has 1 aromatic carbocycles. The van der Waals surface area contributed by atoms with Crippen molar-refractivity contribution in [1.29, 1.82) is 0 Å². The van der Waals surface area contributed by atoms with Crippen LogP contribution in [0.25, 0.3) is 0 Å². The third-order valence-corrected chi connectivity index (χ3v) is 4.04. The lowest BCUT2D eigenvalue weighted by Gasteiger charge is -2.23. The van der Waals surface area contributed by atoms with Gasteiger partial charge in [-0.1, -0.05) is 22.9 Å². The number of hydrogen-bond donors (Lipinski definition) is 0. The Morgan fingerprint density at radius 3 is 2.44 bits per heavy atom. The third kappa shape index (κ3) is 4.05. The number of ether oxygens (including phenoxy) is 1. The van der Waals surface area contributed by atoms with Crippen LogP contribution in [-0.4, -0.2) is 19.3 Å². The fourth-order valence-electron chi connectivity index (χ4n) is 2.12. The molecule has 1 fully saturated rings. The highest BCUT2D eigenvalue weighted by Gasteiger charge is 2.23. The molecule has 2 rings (SSSR count). The van der Waals surface area contributed by atoms with Gasteiger partial charge in [-0.25, -0.2) is 0 Å². The molecule has 0 heterocycles. The van der Waals surface area contributed by atoms with Crippen LogP contribution in [0.2, 0.25) is 0 Å². The quantitative estimate of drug-likeness (QED) is 0.788. The van der Waals surface area contributed by atoms with E-state index in [-0.39, 0.29) is 6.04 Å². The first-order chi connectivity index (χ1) is 8.78. The van der Waals surface area contributed by atoms with Gasteiger partial charge in [0.05, 0.1) is 12.1 Å². The zero-order valence-electron chi connectivity index (χ0n) is 10.5. The highest BCUT2D eigenvalue weighted by Crippen LogP contribution is 2.29. The van der Waals surface area contributed by atoms with Crippen LogP contribution in [0.15, 0.2) is 35.1 Å². The number of para-hydroxylation sites is 1. The minimum absolute atomic E-state index is 0.142. The molecule has 0 radical (unpaired) electrons. The van der Waals surface area contributed by atoms with Crippen LogP contribution < -0.4 is 9.42 Å². The van der Waals surface area contributed by atoms with Gasteiger partial charge in [0, 0.05) is 7.11 Å². The highest BCUT2D eigenvalue weighted by atomic mass is 31.1. The lowest BCUT2D eigenvalue weighted by Crippen LogP contribution is -2.22. The van der Waals surface area contributed by atoms with Crippen LogP contribution in [0.3, 0.4) is 0 Å². The van der Waals surface area contributed by atoms with E-state index in [1.807, 2.05) is 18.2 Å². The molecule has 5 heteroatoms. The van der Waals surface area contributed by atoms with Gasteiger partial charge in [-0.05, 0) is 37.8 Å². The zero-order chi connectivity index (χ0) is 12.8. The summed E-state index contributed by atoms with van der Waals surface area (Å²) in [5, 5.41) is 0. The zero-order valence-corrected chi connectivity index (χ0v) is 11.4. The van der Waals surface area contributed by atoms with Gasteiger partial charge in [0.2, 0.25) is 0 Å². The van der Waals surface area contributed by atoms with Crippen molar-refractivity contribution in [2.45, 2.75) is 37.8 Å². The Morgan fingerprint density at radius 2 is 1.83 bits per heavy atom. The van der Waals surface area contributed by atoms with E-state index in [0.717, 1.165) is 25.7 Å². The van der Waals surface area contributed by atoms with Crippen LogP contribution in [0.5, 0.6) is 5.75 Å². The third-order valence-electron chi connectivity index (χ3n) is 3.16. The Labute approximate surface area is 109 Å². The van der Waals surface area contributed by atoms with Crippen molar-refractivity contribution in [1.82, 2.24) is 0 Å². The maximum absolute atomic E-state index is 11.8. The van der Waals surface area contributed by atoms with Gasteiger partial charge in [0.1, 0.15) is 0 Å². The maximum Gasteiger partial charge on any atom is 0.394 e. The minimum atomic E-state index is -1.96. The SMILES string of the molecule is COC1CCC(/N=[P+](\[O-])Oc2ccccc2)CC1. The summed E-state index contributed by atoms with van der Waals surface area (Å²) in [5.74, 6) is 0.605. The standard InChI is InChI=1S/C13H18NO3P/c1-16-12-9-7-11(8-10-12)14-18(15)17-13-5-3-2-4-6-13/h2-6,11-12H,7-10H2,1H3. The molecular formula is C13H18NO3P. The van der Waals surface area contributed by atoms with Gasteiger partial charge in [0.25, 0.3) is 0 Å². The average molecular weight is 267 g/mol. The van der Waals surface area contributed by atoms with Crippen molar-refractivity contribution in [2.24, 2.45) is 4.74 Å². The van der Waals surface area contributed by atoms with E-state index in [0.29, 0.717) is 11.9 Å².